The molecule has 0 fully saturated rings. The van der Waals surface area contributed by atoms with E-state index in [1.54, 1.807) is 6.33 Å². The van der Waals surface area contributed by atoms with Crippen LogP contribution in [0.15, 0.2) is 17.1 Å². The maximum absolute atomic E-state index is 4.24. The fourth-order valence-corrected chi connectivity index (χ4v) is 2.19. The van der Waals surface area contributed by atoms with Crippen LogP contribution in [0.25, 0.3) is 0 Å². The summed E-state index contributed by atoms with van der Waals surface area (Å²) < 4.78 is 2.81. The van der Waals surface area contributed by atoms with Crippen LogP contribution in [0.2, 0.25) is 0 Å². The molecular formula is C12H18BrN7. The maximum atomic E-state index is 4.24. The lowest BCUT2D eigenvalue weighted by Gasteiger charge is -2.11. The predicted molar refractivity (Wildman–Crippen MR) is 81.5 cm³/mol. The van der Waals surface area contributed by atoms with E-state index in [0.29, 0.717) is 6.54 Å². The van der Waals surface area contributed by atoms with Crippen LogP contribution in [-0.2, 0) is 13.1 Å². The van der Waals surface area contributed by atoms with Gasteiger partial charge in [0.05, 0.1) is 6.54 Å². The molecule has 7 nitrogen and oxygen atoms in total. The maximum Gasteiger partial charge on any atom is 0.152 e. The molecule has 0 aromatic carbocycles. The molecule has 2 aromatic heterocycles. The largest absolute Gasteiger partial charge is 0.369 e. The Hall–Kier alpha value is -1.70. The van der Waals surface area contributed by atoms with Crippen LogP contribution in [0.3, 0.4) is 0 Å². The second-order valence-electron chi connectivity index (χ2n) is 4.20. The second-order valence-corrected chi connectivity index (χ2v) is 4.99. The summed E-state index contributed by atoms with van der Waals surface area (Å²) in [4.78, 5) is 8.45. The van der Waals surface area contributed by atoms with Crippen molar-refractivity contribution in [1.82, 2.24) is 24.7 Å². The van der Waals surface area contributed by atoms with Gasteiger partial charge in [0.15, 0.2) is 5.82 Å². The van der Waals surface area contributed by atoms with Crippen molar-refractivity contribution in [3.05, 3.63) is 23.0 Å². The molecule has 0 amide bonds. The molecular weight excluding hydrogens is 322 g/mol. The molecule has 0 unspecified atom stereocenters. The smallest absolute Gasteiger partial charge is 0.152 e. The Bertz CT molecular complexity index is 554. The lowest BCUT2D eigenvalue weighted by atomic mass is 10.4. The van der Waals surface area contributed by atoms with Crippen LogP contribution in [0.1, 0.15) is 26.1 Å². The van der Waals surface area contributed by atoms with E-state index in [2.05, 4.69) is 60.6 Å². The first-order valence-electron chi connectivity index (χ1n) is 6.61. The van der Waals surface area contributed by atoms with Gasteiger partial charge in [-0.2, -0.15) is 0 Å². The first-order valence-corrected chi connectivity index (χ1v) is 7.40. The van der Waals surface area contributed by atoms with Crippen molar-refractivity contribution in [2.24, 2.45) is 0 Å². The molecule has 0 aliphatic carbocycles. The summed E-state index contributed by atoms with van der Waals surface area (Å²) in [5, 5.41) is 14.5. The van der Waals surface area contributed by atoms with Crippen LogP contribution in [-0.4, -0.2) is 31.3 Å². The first kappa shape index (κ1) is 14.7. The standard InChI is InChI=1S/C12H18BrN7/c1-3-5-14-11-10(13)12(17-7-16-11)15-6-9-19-18-8-20(9)4-2/h7-8H,3-6H2,1-2H3,(H2,14,15,16,17). The highest BCUT2D eigenvalue weighted by Crippen LogP contribution is 2.26. The number of halogens is 1. The summed E-state index contributed by atoms with van der Waals surface area (Å²) in [6.07, 6.45) is 4.30. The van der Waals surface area contributed by atoms with Crippen molar-refractivity contribution in [2.75, 3.05) is 17.2 Å². The lowest BCUT2D eigenvalue weighted by Crippen LogP contribution is -2.10. The highest BCUT2D eigenvalue weighted by Gasteiger charge is 2.09. The van der Waals surface area contributed by atoms with E-state index in [1.807, 2.05) is 4.57 Å². The summed E-state index contributed by atoms with van der Waals surface area (Å²) >= 11 is 3.52. The third kappa shape index (κ3) is 3.44. The van der Waals surface area contributed by atoms with Gasteiger partial charge in [0.2, 0.25) is 0 Å². The Morgan fingerprint density at radius 1 is 1.20 bits per heavy atom. The summed E-state index contributed by atoms with van der Waals surface area (Å²) in [5.41, 5.74) is 0. The molecule has 0 saturated heterocycles. The summed E-state index contributed by atoms with van der Waals surface area (Å²) in [6.45, 7) is 6.45. The normalized spacial score (nSPS) is 10.6. The van der Waals surface area contributed by atoms with E-state index in [0.717, 1.165) is 41.4 Å². The van der Waals surface area contributed by atoms with Gasteiger partial charge in [0.25, 0.3) is 0 Å². The Morgan fingerprint density at radius 2 is 1.95 bits per heavy atom. The predicted octanol–water partition coefficient (Wildman–Crippen LogP) is 2.28. The number of hydrogen-bond donors (Lipinski definition) is 2. The van der Waals surface area contributed by atoms with E-state index in [1.165, 1.54) is 6.33 Å². The number of aromatic nitrogens is 5. The van der Waals surface area contributed by atoms with Gasteiger partial charge in [-0.05, 0) is 29.3 Å². The van der Waals surface area contributed by atoms with Gasteiger partial charge in [-0.3, -0.25) is 0 Å². The molecule has 8 heteroatoms. The minimum absolute atomic E-state index is 0.566. The quantitative estimate of drug-likeness (QED) is 0.805. The number of rotatable bonds is 7. The average Bonchev–Trinajstić information content (AvgIpc) is 2.92. The van der Waals surface area contributed by atoms with Gasteiger partial charge in [-0.25, -0.2) is 9.97 Å². The molecule has 2 heterocycles. The molecule has 2 rings (SSSR count). The topological polar surface area (TPSA) is 80.6 Å². The third-order valence-corrected chi connectivity index (χ3v) is 3.53. The fourth-order valence-electron chi connectivity index (χ4n) is 1.70. The fraction of sp³-hybridized carbons (Fsp3) is 0.500. The van der Waals surface area contributed by atoms with Gasteiger partial charge >= 0.3 is 0 Å². The molecule has 0 spiro atoms. The minimum atomic E-state index is 0.566. The van der Waals surface area contributed by atoms with E-state index in [4.69, 9.17) is 0 Å². The Kier molecular flexibility index (Phi) is 5.28. The molecule has 0 aliphatic heterocycles. The third-order valence-electron chi connectivity index (χ3n) is 2.78. The lowest BCUT2D eigenvalue weighted by molar-refractivity contribution is 0.707. The van der Waals surface area contributed by atoms with E-state index in [9.17, 15) is 0 Å². The van der Waals surface area contributed by atoms with Crippen molar-refractivity contribution in [1.29, 1.82) is 0 Å². The van der Waals surface area contributed by atoms with E-state index >= 15 is 0 Å². The van der Waals surface area contributed by atoms with Crippen molar-refractivity contribution < 1.29 is 0 Å². The Morgan fingerprint density at radius 3 is 2.65 bits per heavy atom. The molecule has 2 N–H and O–H groups in total. The second kappa shape index (κ2) is 7.18. The molecule has 0 bridgehead atoms. The van der Waals surface area contributed by atoms with Gasteiger partial charge in [-0.15, -0.1) is 10.2 Å². The molecule has 2 aromatic rings. The minimum Gasteiger partial charge on any atom is -0.369 e. The van der Waals surface area contributed by atoms with Crippen molar-refractivity contribution in [2.45, 2.75) is 33.4 Å². The van der Waals surface area contributed by atoms with Gasteiger partial charge in [0, 0.05) is 13.1 Å². The molecule has 0 saturated carbocycles. The average molecular weight is 340 g/mol. The van der Waals surface area contributed by atoms with Crippen LogP contribution in [0.4, 0.5) is 11.6 Å². The highest BCUT2D eigenvalue weighted by atomic mass is 79.9. The van der Waals surface area contributed by atoms with E-state index < -0.39 is 0 Å². The number of nitrogens with one attached hydrogen (secondary N) is 2. The summed E-state index contributed by atoms with van der Waals surface area (Å²) in [7, 11) is 0. The van der Waals surface area contributed by atoms with Gasteiger partial charge < -0.3 is 15.2 Å². The molecule has 0 aliphatic rings. The highest BCUT2D eigenvalue weighted by molar-refractivity contribution is 9.10. The summed E-state index contributed by atoms with van der Waals surface area (Å²) in [5.74, 6) is 2.41. The van der Waals surface area contributed by atoms with Crippen LogP contribution in [0.5, 0.6) is 0 Å². The first-order chi connectivity index (χ1) is 9.76. The van der Waals surface area contributed by atoms with Gasteiger partial charge in [0.1, 0.15) is 28.8 Å². The zero-order valence-corrected chi connectivity index (χ0v) is 13.2. The molecule has 0 atom stereocenters. The monoisotopic (exact) mass is 339 g/mol. The van der Waals surface area contributed by atoms with Crippen molar-refractivity contribution in [3.63, 3.8) is 0 Å². The molecule has 20 heavy (non-hydrogen) atoms. The number of hydrogen-bond acceptors (Lipinski definition) is 6. The van der Waals surface area contributed by atoms with Crippen LogP contribution < -0.4 is 10.6 Å². The Balaban J connectivity index is 2.06. The SMILES string of the molecule is CCCNc1ncnc(NCc2nncn2CC)c1Br. The Labute approximate surface area is 126 Å². The van der Waals surface area contributed by atoms with Gasteiger partial charge in [-0.1, -0.05) is 6.92 Å². The number of nitrogens with zero attached hydrogens (tertiary/aromatic N) is 5. The van der Waals surface area contributed by atoms with Crippen molar-refractivity contribution >= 4 is 27.6 Å². The number of anilines is 2. The van der Waals surface area contributed by atoms with Crippen LogP contribution in [0, 0.1) is 0 Å². The zero-order valence-electron chi connectivity index (χ0n) is 11.6. The van der Waals surface area contributed by atoms with Crippen LogP contribution >= 0.6 is 15.9 Å². The van der Waals surface area contributed by atoms with E-state index in [-0.39, 0.29) is 0 Å². The number of aryl methyl sites for hydroxylation is 1. The molecule has 108 valence electrons. The van der Waals surface area contributed by atoms with Crippen molar-refractivity contribution in [3.8, 4) is 0 Å². The molecule has 0 radical (unpaired) electrons. The summed E-state index contributed by atoms with van der Waals surface area (Å²) in [6, 6.07) is 0. The zero-order chi connectivity index (χ0) is 14.4.